The molecule has 2 aromatic rings. The van der Waals surface area contributed by atoms with E-state index in [2.05, 4.69) is 0 Å². The topological polar surface area (TPSA) is 26.3 Å². The van der Waals surface area contributed by atoms with Crippen LogP contribution in [0.25, 0.3) is 0 Å². The van der Waals surface area contributed by atoms with E-state index < -0.39 is 0 Å². The maximum Gasteiger partial charge on any atom is 0.159 e. The van der Waals surface area contributed by atoms with Crippen molar-refractivity contribution in [1.29, 1.82) is 0 Å². The Kier molecular flexibility index (Phi) is 3.19. The lowest BCUT2D eigenvalue weighted by Gasteiger charge is -2.05. The van der Waals surface area contributed by atoms with Gasteiger partial charge in [0.1, 0.15) is 17.3 Å². The van der Waals surface area contributed by atoms with Gasteiger partial charge in [-0.15, -0.1) is 0 Å². The molecule has 0 saturated heterocycles. The van der Waals surface area contributed by atoms with E-state index in [1.807, 2.05) is 0 Å². The highest BCUT2D eigenvalue weighted by Gasteiger charge is 2.01. The second-order valence-electron chi connectivity index (χ2n) is 3.64. The zero-order valence-corrected chi connectivity index (χ0v) is 9.31. The summed E-state index contributed by atoms with van der Waals surface area (Å²) in [5, 5.41) is 0. The molecule has 17 heavy (non-hydrogen) atoms. The fourth-order valence-electron chi connectivity index (χ4n) is 1.42. The van der Waals surface area contributed by atoms with Crippen LogP contribution in [0, 0.1) is 5.82 Å². The third-order valence-electron chi connectivity index (χ3n) is 2.29. The van der Waals surface area contributed by atoms with Gasteiger partial charge in [0, 0.05) is 11.6 Å². The Morgan fingerprint density at radius 3 is 2.35 bits per heavy atom. The highest BCUT2D eigenvalue weighted by Crippen LogP contribution is 2.22. The van der Waals surface area contributed by atoms with Crippen LogP contribution in [0.2, 0.25) is 0 Å². The highest BCUT2D eigenvalue weighted by atomic mass is 19.1. The lowest BCUT2D eigenvalue weighted by molar-refractivity contribution is 0.101. The van der Waals surface area contributed by atoms with Crippen molar-refractivity contribution in [2.24, 2.45) is 0 Å². The van der Waals surface area contributed by atoms with E-state index in [1.165, 1.54) is 19.1 Å². The van der Waals surface area contributed by atoms with Crippen molar-refractivity contribution in [3.63, 3.8) is 0 Å². The number of carbonyl (C=O) groups is 1. The van der Waals surface area contributed by atoms with Crippen molar-refractivity contribution in [1.82, 2.24) is 0 Å². The zero-order chi connectivity index (χ0) is 12.3. The quantitative estimate of drug-likeness (QED) is 0.749. The van der Waals surface area contributed by atoms with Gasteiger partial charge in [0.05, 0.1) is 0 Å². The fraction of sp³-hybridized carbons (Fsp3) is 0.0714. The molecule has 0 fully saturated rings. The van der Waals surface area contributed by atoms with Crippen LogP contribution in [0.1, 0.15) is 17.3 Å². The first kappa shape index (κ1) is 11.3. The van der Waals surface area contributed by atoms with E-state index in [0.717, 1.165) is 0 Å². The summed E-state index contributed by atoms with van der Waals surface area (Å²) in [7, 11) is 0. The van der Waals surface area contributed by atoms with E-state index in [4.69, 9.17) is 4.74 Å². The third kappa shape index (κ3) is 2.91. The molecule has 0 aliphatic heterocycles. The number of hydrogen-bond donors (Lipinski definition) is 0. The zero-order valence-electron chi connectivity index (χ0n) is 9.31. The smallest absolute Gasteiger partial charge is 0.159 e. The number of hydrogen-bond acceptors (Lipinski definition) is 2. The van der Waals surface area contributed by atoms with E-state index in [-0.39, 0.29) is 11.6 Å². The Hall–Kier alpha value is -2.16. The fourth-order valence-corrected chi connectivity index (χ4v) is 1.42. The molecule has 86 valence electrons. The van der Waals surface area contributed by atoms with Gasteiger partial charge in [-0.1, -0.05) is 6.07 Å². The van der Waals surface area contributed by atoms with Gasteiger partial charge in [-0.3, -0.25) is 4.79 Å². The molecule has 2 aromatic carbocycles. The summed E-state index contributed by atoms with van der Waals surface area (Å²) in [6.07, 6.45) is 0. The Morgan fingerprint density at radius 1 is 1.06 bits per heavy atom. The average molecular weight is 230 g/mol. The number of benzene rings is 2. The first-order valence-electron chi connectivity index (χ1n) is 5.19. The predicted octanol–water partition coefficient (Wildman–Crippen LogP) is 3.82. The molecule has 3 heteroatoms. The molecule has 0 N–H and O–H groups in total. The van der Waals surface area contributed by atoms with Crippen LogP contribution in [0.5, 0.6) is 11.5 Å². The number of halogens is 1. The first-order valence-corrected chi connectivity index (χ1v) is 5.19. The second-order valence-corrected chi connectivity index (χ2v) is 3.64. The van der Waals surface area contributed by atoms with Gasteiger partial charge >= 0.3 is 0 Å². The molecule has 0 bridgehead atoms. The van der Waals surface area contributed by atoms with Gasteiger partial charge in [0.25, 0.3) is 0 Å². The van der Waals surface area contributed by atoms with Crippen LogP contribution in [0.15, 0.2) is 48.5 Å². The molecule has 0 atom stereocenters. The molecule has 2 rings (SSSR count). The number of rotatable bonds is 3. The average Bonchev–Trinajstić information content (AvgIpc) is 2.29. The van der Waals surface area contributed by atoms with Gasteiger partial charge in [0.15, 0.2) is 5.78 Å². The number of Topliss-reactive ketones (excluding diaryl/α,β-unsaturated/α-hetero) is 1. The first-order chi connectivity index (χ1) is 8.15. The summed E-state index contributed by atoms with van der Waals surface area (Å²) in [6, 6.07) is 12.6. The van der Waals surface area contributed by atoms with E-state index in [0.29, 0.717) is 17.1 Å². The SMILES string of the molecule is CC(=O)c1ccc(Oc2cccc(F)c2)cc1. The summed E-state index contributed by atoms with van der Waals surface area (Å²) >= 11 is 0. The van der Waals surface area contributed by atoms with Crippen LogP contribution in [-0.4, -0.2) is 5.78 Å². The molecule has 2 nitrogen and oxygen atoms in total. The minimum absolute atomic E-state index is 0.00213. The minimum atomic E-state index is -0.345. The Bertz CT molecular complexity index is 532. The molecule has 0 aliphatic rings. The predicted molar refractivity (Wildman–Crippen MR) is 62.9 cm³/mol. The van der Waals surface area contributed by atoms with Crippen LogP contribution in [0.4, 0.5) is 4.39 Å². The molecule has 0 amide bonds. The van der Waals surface area contributed by atoms with Gasteiger partial charge in [-0.05, 0) is 43.3 Å². The molecule has 0 unspecified atom stereocenters. The number of ether oxygens (including phenoxy) is 1. The maximum atomic E-state index is 12.9. The molecule has 0 saturated carbocycles. The van der Waals surface area contributed by atoms with Gasteiger partial charge in [-0.25, -0.2) is 4.39 Å². The molecular formula is C14H11FO2. The molecule has 0 aromatic heterocycles. The van der Waals surface area contributed by atoms with Crippen molar-refractivity contribution >= 4 is 5.78 Å². The summed E-state index contributed by atoms with van der Waals surface area (Å²) in [5.41, 5.74) is 0.622. The Labute approximate surface area is 98.7 Å². The van der Waals surface area contributed by atoms with Crippen LogP contribution in [-0.2, 0) is 0 Å². The van der Waals surface area contributed by atoms with Crippen LogP contribution < -0.4 is 4.74 Å². The van der Waals surface area contributed by atoms with Crippen molar-refractivity contribution in [2.75, 3.05) is 0 Å². The van der Waals surface area contributed by atoms with Gasteiger partial charge in [-0.2, -0.15) is 0 Å². The largest absolute Gasteiger partial charge is 0.457 e. The Balaban J connectivity index is 2.16. The molecular weight excluding hydrogens is 219 g/mol. The molecule has 0 spiro atoms. The number of ketones is 1. The number of carbonyl (C=O) groups excluding carboxylic acids is 1. The molecule has 0 aliphatic carbocycles. The van der Waals surface area contributed by atoms with Crippen LogP contribution >= 0.6 is 0 Å². The standard InChI is InChI=1S/C14H11FO2/c1-10(16)11-5-7-13(8-6-11)17-14-4-2-3-12(15)9-14/h2-9H,1H3. The van der Waals surface area contributed by atoms with Gasteiger partial charge in [0.2, 0.25) is 0 Å². The van der Waals surface area contributed by atoms with E-state index in [1.54, 1.807) is 36.4 Å². The van der Waals surface area contributed by atoms with Crippen LogP contribution in [0.3, 0.4) is 0 Å². The second kappa shape index (κ2) is 4.78. The highest BCUT2D eigenvalue weighted by molar-refractivity contribution is 5.94. The molecule has 0 radical (unpaired) electrons. The molecule has 0 heterocycles. The van der Waals surface area contributed by atoms with E-state index in [9.17, 15) is 9.18 Å². The van der Waals surface area contributed by atoms with E-state index >= 15 is 0 Å². The lowest BCUT2D eigenvalue weighted by atomic mass is 10.1. The summed E-state index contributed by atoms with van der Waals surface area (Å²) < 4.78 is 18.4. The van der Waals surface area contributed by atoms with Crippen molar-refractivity contribution < 1.29 is 13.9 Å². The summed E-state index contributed by atoms with van der Waals surface area (Å²) in [4.78, 5) is 11.1. The summed E-state index contributed by atoms with van der Waals surface area (Å²) in [5.74, 6) is 0.659. The monoisotopic (exact) mass is 230 g/mol. The normalized spacial score (nSPS) is 10.0. The maximum absolute atomic E-state index is 12.9. The Morgan fingerprint density at radius 2 is 1.76 bits per heavy atom. The van der Waals surface area contributed by atoms with Crippen molar-refractivity contribution in [3.05, 3.63) is 59.9 Å². The van der Waals surface area contributed by atoms with Gasteiger partial charge < -0.3 is 4.74 Å². The van der Waals surface area contributed by atoms with Crippen molar-refractivity contribution in [2.45, 2.75) is 6.92 Å². The summed E-state index contributed by atoms with van der Waals surface area (Å²) in [6.45, 7) is 1.50. The minimum Gasteiger partial charge on any atom is -0.457 e. The van der Waals surface area contributed by atoms with Crippen molar-refractivity contribution in [3.8, 4) is 11.5 Å². The lowest BCUT2D eigenvalue weighted by Crippen LogP contribution is -1.91. The third-order valence-corrected chi connectivity index (χ3v) is 2.29.